The molecular weight excluding hydrogens is 491 g/mol. The minimum Gasteiger partial charge on any atom is -0.458 e. The first-order chi connectivity index (χ1) is 16.7. The molecule has 198 valence electrons. The van der Waals surface area contributed by atoms with E-state index in [-0.39, 0.29) is 41.7 Å². The number of esters is 2. The fraction of sp³-hybridized carbons (Fsp3) is 0.704. The molecule has 4 aliphatic carbocycles. The lowest BCUT2D eigenvalue weighted by Gasteiger charge is -2.60. The van der Waals surface area contributed by atoms with Gasteiger partial charge in [0.1, 0.15) is 6.17 Å². The van der Waals surface area contributed by atoms with Crippen LogP contribution in [0.4, 0.5) is 4.39 Å². The first-order valence-corrected chi connectivity index (χ1v) is 13.0. The molecule has 9 heteroatoms. The maximum atomic E-state index is 15.8. The Morgan fingerprint density at radius 1 is 1.25 bits per heavy atom. The molecule has 0 heterocycles. The number of rotatable bonds is 5. The lowest BCUT2D eigenvalue weighted by molar-refractivity contribution is -0.207. The predicted octanol–water partition coefficient (Wildman–Crippen LogP) is 3.85. The number of aliphatic hydroxyl groups excluding tert-OH is 1. The van der Waals surface area contributed by atoms with E-state index in [1.54, 1.807) is 19.9 Å². The monoisotopic (exact) mass is 524 g/mol. The average molecular weight is 525 g/mol. The highest BCUT2D eigenvalue weighted by Crippen LogP contribution is 2.69. The van der Waals surface area contributed by atoms with E-state index in [9.17, 15) is 24.3 Å². The largest absolute Gasteiger partial charge is 0.458 e. The summed E-state index contributed by atoms with van der Waals surface area (Å²) in [5.41, 5.74) is -3.42. The average Bonchev–Trinajstić information content (AvgIpc) is 3.01. The Kier molecular flexibility index (Phi) is 6.78. The van der Waals surface area contributed by atoms with Gasteiger partial charge in [0.25, 0.3) is 0 Å². The van der Waals surface area contributed by atoms with Gasteiger partial charge in [0.2, 0.25) is 5.78 Å². The Labute approximate surface area is 215 Å². The number of ether oxygens (including phenoxy) is 2. The number of alkyl halides is 1. The Hall–Kier alpha value is -2.06. The molecule has 0 aromatic heterocycles. The van der Waals surface area contributed by atoms with Gasteiger partial charge in [-0.1, -0.05) is 45.4 Å². The molecule has 4 aliphatic rings. The van der Waals surface area contributed by atoms with Crippen LogP contribution in [-0.2, 0) is 28.7 Å². The Morgan fingerprint density at radius 3 is 2.53 bits per heavy atom. The summed E-state index contributed by atoms with van der Waals surface area (Å²) in [7, 11) is 0. The van der Waals surface area contributed by atoms with Crippen molar-refractivity contribution in [3.63, 3.8) is 0 Å². The van der Waals surface area contributed by atoms with Crippen LogP contribution in [0.2, 0.25) is 0 Å². The summed E-state index contributed by atoms with van der Waals surface area (Å²) in [5.74, 6) is -3.71. The SMILES string of the molecule is CCC(=O)O[C@]1(C(=O)COC(C)=O)[C@@H](C)C[C@H]2[C@@H]3C[C@H](F)C4=C(Cl)C(=O)C=C[C@]4(C)[C@H]3[C@@H](O)C[C@@]21C. The molecule has 0 saturated heterocycles. The zero-order chi connectivity index (χ0) is 26.8. The molecular formula is C27H34ClFO7. The molecule has 1 N–H and O–H groups in total. The Balaban J connectivity index is 1.82. The van der Waals surface area contributed by atoms with Crippen LogP contribution in [0.15, 0.2) is 22.8 Å². The van der Waals surface area contributed by atoms with E-state index in [1.807, 2.05) is 13.8 Å². The molecule has 9 atom stereocenters. The second-order valence-electron chi connectivity index (χ2n) is 11.3. The van der Waals surface area contributed by atoms with Gasteiger partial charge in [-0.25, -0.2) is 4.39 Å². The van der Waals surface area contributed by atoms with Crippen molar-refractivity contribution in [2.24, 2.45) is 34.5 Å². The smallest absolute Gasteiger partial charge is 0.306 e. The summed E-state index contributed by atoms with van der Waals surface area (Å²) < 4.78 is 26.8. The molecule has 3 saturated carbocycles. The molecule has 0 unspecified atom stereocenters. The van der Waals surface area contributed by atoms with Gasteiger partial charge in [-0.05, 0) is 42.7 Å². The van der Waals surface area contributed by atoms with Crippen LogP contribution in [0, 0.1) is 34.5 Å². The van der Waals surface area contributed by atoms with Crippen molar-refractivity contribution in [1.29, 1.82) is 0 Å². The van der Waals surface area contributed by atoms with Gasteiger partial charge in [-0.3, -0.25) is 19.2 Å². The van der Waals surface area contributed by atoms with Gasteiger partial charge in [0.15, 0.2) is 18.0 Å². The lowest BCUT2D eigenvalue weighted by Crippen LogP contribution is -2.65. The van der Waals surface area contributed by atoms with Crippen molar-refractivity contribution in [3.05, 3.63) is 22.8 Å². The van der Waals surface area contributed by atoms with Crippen molar-refractivity contribution < 1.29 is 38.1 Å². The number of Topliss-reactive ketones (excluding diaryl/α,β-unsaturated/α-hetero) is 1. The number of hydrogen-bond acceptors (Lipinski definition) is 7. The highest BCUT2D eigenvalue weighted by molar-refractivity contribution is 6.45. The zero-order valence-electron chi connectivity index (χ0n) is 21.3. The van der Waals surface area contributed by atoms with Gasteiger partial charge >= 0.3 is 11.9 Å². The number of aliphatic hydroxyl groups is 1. The third kappa shape index (κ3) is 3.62. The number of hydrogen-bond donors (Lipinski definition) is 1. The van der Waals surface area contributed by atoms with E-state index in [1.165, 1.54) is 13.0 Å². The van der Waals surface area contributed by atoms with Gasteiger partial charge in [-0.15, -0.1) is 0 Å². The first kappa shape index (κ1) is 27.0. The molecule has 0 radical (unpaired) electrons. The molecule has 0 amide bonds. The first-order valence-electron chi connectivity index (χ1n) is 12.6. The van der Waals surface area contributed by atoms with E-state index in [0.717, 1.165) is 0 Å². The molecule has 7 nitrogen and oxygen atoms in total. The fourth-order valence-electron chi connectivity index (χ4n) is 8.14. The fourth-order valence-corrected chi connectivity index (χ4v) is 8.53. The van der Waals surface area contributed by atoms with E-state index in [0.29, 0.717) is 6.42 Å². The van der Waals surface area contributed by atoms with Crippen molar-refractivity contribution >= 4 is 35.1 Å². The van der Waals surface area contributed by atoms with Crippen molar-refractivity contribution in [2.45, 2.75) is 78.2 Å². The second-order valence-corrected chi connectivity index (χ2v) is 11.7. The van der Waals surface area contributed by atoms with Crippen LogP contribution in [0.1, 0.15) is 60.3 Å². The third-order valence-corrected chi connectivity index (χ3v) is 9.87. The maximum Gasteiger partial charge on any atom is 0.306 e. The molecule has 36 heavy (non-hydrogen) atoms. The number of carbonyl (C=O) groups is 4. The van der Waals surface area contributed by atoms with Gasteiger partial charge in [0, 0.05) is 36.0 Å². The van der Waals surface area contributed by atoms with Gasteiger partial charge < -0.3 is 14.6 Å². The van der Waals surface area contributed by atoms with E-state index in [4.69, 9.17) is 21.1 Å². The molecule has 0 spiro atoms. The van der Waals surface area contributed by atoms with E-state index in [2.05, 4.69) is 0 Å². The number of halogens is 2. The van der Waals surface area contributed by atoms with E-state index >= 15 is 4.39 Å². The van der Waals surface area contributed by atoms with Crippen LogP contribution in [0.25, 0.3) is 0 Å². The van der Waals surface area contributed by atoms with Crippen LogP contribution in [0.3, 0.4) is 0 Å². The standard InChI is InChI=1S/C27H34ClFO7/c1-6-21(34)36-27(20(33)12-35-14(3)30)13(2)9-16-15-10-17(29)23-24(28)18(31)7-8-25(23,4)22(15)19(32)11-26(16,27)5/h7-8,13,15-17,19,22,32H,6,9-12H2,1-5H3/t13-,15-,16-,17-,19-,22+,25+,26-,27-/m0/s1. The van der Waals surface area contributed by atoms with Crippen LogP contribution in [0.5, 0.6) is 0 Å². The normalized spacial score (nSPS) is 43.4. The summed E-state index contributed by atoms with van der Waals surface area (Å²) in [6.45, 7) is 7.71. The number of fused-ring (bicyclic) bond motifs is 5. The number of ketones is 2. The topological polar surface area (TPSA) is 107 Å². The second kappa shape index (κ2) is 9.05. The van der Waals surface area contributed by atoms with Crippen molar-refractivity contribution in [3.8, 4) is 0 Å². The summed E-state index contributed by atoms with van der Waals surface area (Å²) in [5, 5.41) is 11.5. The molecule has 0 aromatic carbocycles. The Morgan fingerprint density at radius 2 is 1.92 bits per heavy atom. The predicted molar refractivity (Wildman–Crippen MR) is 128 cm³/mol. The van der Waals surface area contributed by atoms with E-state index < -0.39 is 70.7 Å². The number of allylic oxidation sites excluding steroid dienone is 4. The van der Waals surface area contributed by atoms with Crippen molar-refractivity contribution in [2.75, 3.05) is 6.61 Å². The van der Waals surface area contributed by atoms with Crippen molar-refractivity contribution in [1.82, 2.24) is 0 Å². The molecule has 0 aliphatic heterocycles. The highest BCUT2D eigenvalue weighted by Gasteiger charge is 2.73. The van der Waals surface area contributed by atoms with Gasteiger partial charge in [0.05, 0.1) is 11.1 Å². The summed E-state index contributed by atoms with van der Waals surface area (Å²) in [6, 6.07) is 0. The zero-order valence-corrected chi connectivity index (χ0v) is 22.1. The minimum absolute atomic E-state index is 0.0346. The van der Waals surface area contributed by atoms with Gasteiger partial charge in [-0.2, -0.15) is 0 Å². The summed E-state index contributed by atoms with van der Waals surface area (Å²) >= 11 is 6.30. The summed E-state index contributed by atoms with van der Waals surface area (Å²) in [6.07, 6.45) is 1.17. The minimum atomic E-state index is -1.63. The maximum absolute atomic E-state index is 15.8. The van der Waals surface area contributed by atoms with Crippen LogP contribution >= 0.6 is 11.6 Å². The lowest BCUT2D eigenvalue weighted by atomic mass is 9.45. The molecule has 0 aromatic rings. The highest BCUT2D eigenvalue weighted by atomic mass is 35.5. The number of carbonyl (C=O) groups excluding carboxylic acids is 4. The quantitative estimate of drug-likeness (QED) is 0.544. The summed E-state index contributed by atoms with van der Waals surface area (Å²) in [4.78, 5) is 50.0. The third-order valence-electron chi connectivity index (χ3n) is 9.48. The molecule has 3 fully saturated rings. The molecule has 4 rings (SSSR count). The Bertz CT molecular complexity index is 1070. The molecule has 0 bridgehead atoms. The van der Waals surface area contributed by atoms with Crippen LogP contribution < -0.4 is 0 Å². The van der Waals surface area contributed by atoms with Crippen LogP contribution in [-0.4, -0.2) is 53.1 Å².